The minimum absolute atomic E-state index is 0.160. The molecule has 2 N–H and O–H groups in total. The van der Waals surface area contributed by atoms with Crippen molar-refractivity contribution in [2.45, 2.75) is 13.1 Å². The van der Waals surface area contributed by atoms with Crippen molar-refractivity contribution in [1.82, 2.24) is 19.9 Å². The molecule has 3 rings (SSSR count). The number of ether oxygens (including phenoxy) is 1. The van der Waals surface area contributed by atoms with Crippen molar-refractivity contribution in [3.8, 4) is 0 Å². The van der Waals surface area contributed by atoms with Crippen LogP contribution in [-0.2, 0) is 17.8 Å². The Morgan fingerprint density at radius 3 is 2.85 bits per heavy atom. The van der Waals surface area contributed by atoms with Gasteiger partial charge in [-0.3, -0.25) is 19.1 Å². The van der Waals surface area contributed by atoms with Crippen LogP contribution in [-0.4, -0.2) is 34.2 Å². The van der Waals surface area contributed by atoms with Crippen LogP contribution in [0.2, 0.25) is 0 Å². The van der Waals surface area contributed by atoms with E-state index in [0.29, 0.717) is 16.5 Å². The molecule has 0 aliphatic rings. The van der Waals surface area contributed by atoms with Crippen molar-refractivity contribution in [3.05, 3.63) is 74.7 Å². The number of hydrogen-bond donors (Lipinski definition) is 2. The molecule has 3 aromatic rings. The predicted molar refractivity (Wildman–Crippen MR) is 96.1 cm³/mol. The molecule has 1 amide bonds. The first kappa shape index (κ1) is 17.6. The van der Waals surface area contributed by atoms with E-state index in [9.17, 15) is 14.4 Å². The molecule has 0 atom stereocenters. The third kappa shape index (κ3) is 3.70. The Balaban J connectivity index is 1.86. The van der Waals surface area contributed by atoms with E-state index in [-0.39, 0.29) is 25.6 Å². The fourth-order valence-electron chi connectivity index (χ4n) is 2.56. The molecule has 0 saturated heterocycles. The molecule has 8 nitrogen and oxygen atoms in total. The van der Waals surface area contributed by atoms with Crippen LogP contribution < -0.4 is 16.6 Å². The minimum Gasteiger partial charge on any atom is -0.383 e. The summed E-state index contributed by atoms with van der Waals surface area (Å²) < 4.78 is 5.99. The molecule has 0 saturated carbocycles. The van der Waals surface area contributed by atoms with Crippen LogP contribution in [0.15, 0.2) is 52.2 Å². The highest BCUT2D eigenvalue weighted by Gasteiger charge is 2.11. The van der Waals surface area contributed by atoms with E-state index in [4.69, 9.17) is 4.74 Å². The van der Waals surface area contributed by atoms with Gasteiger partial charge in [0.2, 0.25) is 0 Å². The number of methoxy groups -OCH3 is 1. The lowest BCUT2D eigenvalue weighted by Gasteiger charge is -2.08. The van der Waals surface area contributed by atoms with Crippen molar-refractivity contribution in [3.63, 3.8) is 0 Å². The van der Waals surface area contributed by atoms with Crippen molar-refractivity contribution in [1.29, 1.82) is 0 Å². The third-order valence-electron chi connectivity index (χ3n) is 3.92. The number of aromatic amines is 1. The Morgan fingerprint density at radius 2 is 2.12 bits per heavy atom. The van der Waals surface area contributed by atoms with E-state index in [2.05, 4.69) is 15.3 Å². The first-order valence-corrected chi connectivity index (χ1v) is 8.04. The highest BCUT2D eigenvalue weighted by molar-refractivity contribution is 5.97. The molecule has 0 radical (unpaired) electrons. The summed E-state index contributed by atoms with van der Waals surface area (Å²) in [6.45, 7) is 0.697. The lowest BCUT2D eigenvalue weighted by atomic mass is 10.1. The Morgan fingerprint density at radius 1 is 1.27 bits per heavy atom. The van der Waals surface area contributed by atoms with Gasteiger partial charge in [0.15, 0.2) is 0 Å². The van der Waals surface area contributed by atoms with E-state index in [1.54, 1.807) is 24.4 Å². The molecule has 0 spiro atoms. The summed E-state index contributed by atoms with van der Waals surface area (Å²) >= 11 is 0. The number of fused-ring (bicyclic) bond motifs is 1. The van der Waals surface area contributed by atoms with E-state index < -0.39 is 11.2 Å². The predicted octanol–water partition coefficient (Wildman–Crippen LogP) is 0.661. The van der Waals surface area contributed by atoms with Gasteiger partial charge in [-0.1, -0.05) is 6.07 Å². The van der Waals surface area contributed by atoms with Crippen molar-refractivity contribution in [2.75, 3.05) is 13.7 Å². The zero-order chi connectivity index (χ0) is 18.5. The SMILES string of the molecule is COCCn1c(=O)[nH]c2cc(C(=O)NCc3ccccn3)ccc2c1=O. The van der Waals surface area contributed by atoms with Crippen LogP contribution >= 0.6 is 0 Å². The van der Waals surface area contributed by atoms with Crippen LogP contribution in [0, 0.1) is 0 Å². The van der Waals surface area contributed by atoms with E-state index in [1.807, 2.05) is 6.07 Å². The average Bonchev–Trinajstić information content (AvgIpc) is 2.66. The maximum absolute atomic E-state index is 12.4. The number of rotatable bonds is 6. The number of carbonyl (C=O) groups excluding carboxylic acids is 1. The first-order chi connectivity index (χ1) is 12.6. The van der Waals surface area contributed by atoms with E-state index in [1.165, 1.54) is 19.2 Å². The smallest absolute Gasteiger partial charge is 0.328 e. The number of carbonyl (C=O) groups is 1. The fraction of sp³-hybridized carbons (Fsp3) is 0.222. The summed E-state index contributed by atoms with van der Waals surface area (Å²) in [7, 11) is 1.50. The van der Waals surface area contributed by atoms with Crippen LogP contribution in [0.5, 0.6) is 0 Å². The van der Waals surface area contributed by atoms with Crippen molar-refractivity contribution in [2.24, 2.45) is 0 Å². The molecule has 2 aromatic heterocycles. The van der Waals surface area contributed by atoms with Crippen LogP contribution in [0.25, 0.3) is 10.9 Å². The molecule has 2 heterocycles. The maximum Gasteiger partial charge on any atom is 0.328 e. The second-order valence-electron chi connectivity index (χ2n) is 5.64. The van der Waals surface area contributed by atoms with Gasteiger partial charge in [-0.15, -0.1) is 0 Å². The molecule has 0 fully saturated rings. The number of pyridine rings is 1. The second-order valence-corrected chi connectivity index (χ2v) is 5.64. The Kier molecular flexibility index (Phi) is 5.23. The Hall–Kier alpha value is -3.26. The monoisotopic (exact) mass is 354 g/mol. The number of nitrogens with one attached hydrogen (secondary N) is 2. The topological polar surface area (TPSA) is 106 Å². The molecule has 26 heavy (non-hydrogen) atoms. The number of nitrogens with zero attached hydrogens (tertiary/aromatic N) is 2. The molecular weight excluding hydrogens is 336 g/mol. The minimum atomic E-state index is -0.536. The lowest BCUT2D eigenvalue weighted by Crippen LogP contribution is -2.36. The lowest BCUT2D eigenvalue weighted by molar-refractivity contribution is 0.0950. The molecule has 0 aliphatic heterocycles. The van der Waals surface area contributed by atoms with Crippen LogP contribution in [0.1, 0.15) is 16.1 Å². The highest BCUT2D eigenvalue weighted by Crippen LogP contribution is 2.09. The number of benzene rings is 1. The first-order valence-electron chi connectivity index (χ1n) is 8.04. The van der Waals surface area contributed by atoms with Crippen LogP contribution in [0.4, 0.5) is 0 Å². The molecule has 0 unspecified atom stereocenters. The molecule has 0 bridgehead atoms. The third-order valence-corrected chi connectivity index (χ3v) is 3.92. The summed E-state index contributed by atoms with van der Waals surface area (Å²) in [4.78, 5) is 43.6. The van der Waals surface area contributed by atoms with Gasteiger partial charge in [-0.2, -0.15) is 0 Å². The van der Waals surface area contributed by atoms with Gasteiger partial charge in [0.05, 0.1) is 36.3 Å². The standard InChI is InChI=1S/C18H18N4O4/c1-26-9-8-22-17(24)14-6-5-12(10-15(14)21-18(22)25)16(23)20-11-13-4-2-3-7-19-13/h2-7,10H,8-9,11H2,1H3,(H,20,23)(H,21,25). The summed E-state index contributed by atoms with van der Waals surface area (Å²) in [6, 6.07) is 10.0. The quantitative estimate of drug-likeness (QED) is 0.676. The zero-order valence-corrected chi connectivity index (χ0v) is 14.2. The fourth-order valence-corrected chi connectivity index (χ4v) is 2.56. The number of H-pyrrole nitrogens is 1. The number of aromatic nitrogens is 3. The summed E-state index contributed by atoms with van der Waals surface area (Å²) in [5.74, 6) is -0.318. The molecule has 0 aliphatic carbocycles. The van der Waals surface area contributed by atoms with Crippen molar-refractivity contribution >= 4 is 16.8 Å². The Bertz CT molecular complexity index is 1040. The molecule has 1 aromatic carbocycles. The van der Waals surface area contributed by atoms with Crippen molar-refractivity contribution < 1.29 is 9.53 Å². The second kappa shape index (κ2) is 7.75. The Labute approximate surface area is 148 Å². The van der Waals surface area contributed by atoms with Gasteiger partial charge in [0.25, 0.3) is 11.5 Å². The van der Waals surface area contributed by atoms with E-state index in [0.717, 1.165) is 10.3 Å². The number of amides is 1. The summed E-state index contributed by atoms with van der Waals surface area (Å²) in [5, 5.41) is 3.09. The summed E-state index contributed by atoms with van der Waals surface area (Å²) in [6.07, 6.45) is 1.65. The van der Waals surface area contributed by atoms with Crippen LogP contribution in [0.3, 0.4) is 0 Å². The highest BCUT2D eigenvalue weighted by atomic mass is 16.5. The number of hydrogen-bond acceptors (Lipinski definition) is 5. The summed E-state index contributed by atoms with van der Waals surface area (Å²) in [5.41, 5.74) is 0.445. The van der Waals surface area contributed by atoms with Gasteiger partial charge in [-0.05, 0) is 30.3 Å². The normalized spacial score (nSPS) is 10.8. The van der Waals surface area contributed by atoms with Gasteiger partial charge >= 0.3 is 5.69 Å². The maximum atomic E-state index is 12.4. The average molecular weight is 354 g/mol. The van der Waals surface area contributed by atoms with Gasteiger partial charge in [0, 0.05) is 18.9 Å². The molecule has 8 heteroatoms. The van der Waals surface area contributed by atoms with Gasteiger partial charge < -0.3 is 15.0 Å². The molecule has 134 valence electrons. The largest absolute Gasteiger partial charge is 0.383 e. The van der Waals surface area contributed by atoms with E-state index >= 15 is 0 Å². The van der Waals surface area contributed by atoms with Gasteiger partial charge in [-0.25, -0.2) is 4.79 Å². The zero-order valence-electron chi connectivity index (χ0n) is 14.2. The molecular formula is C18H18N4O4. The van der Waals surface area contributed by atoms with Gasteiger partial charge in [0.1, 0.15) is 0 Å².